The molecule has 17 heavy (non-hydrogen) atoms. The van der Waals surface area contributed by atoms with Gasteiger partial charge in [-0.15, -0.1) is 0 Å². The van der Waals surface area contributed by atoms with Crippen molar-refractivity contribution >= 4 is 6.05 Å². The van der Waals surface area contributed by atoms with Crippen molar-refractivity contribution in [1.29, 1.82) is 0 Å². The van der Waals surface area contributed by atoms with Crippen molar-refractivity contribution in [3.63, 3.8) is 0 Å². The molecule has 1 N–H and O–H groups in total. The molecular formula is C14H18O3. The van der Waals surface area contributed by atoms with Gasteiger partial charge in [0.15, 0.2) is 11.5 Å². The zero-order valence-corrected chi connectivity index (χ0v) is 8.47. The fourth-order valence-electron chi connectivity index (χ4n) is 1.01. The van der Waals surface area contributed by atoms with Crippen molar-refractivity contribution in [1.82, 2.24) is 0 Å². The second-order valence-electron chi connectivity index (χ2n) is 3.16. The van der Waals surface area contributed by atoms with Gasteiger partial charge in [0.2, 0.25) is 6.79 Å². The number of hydrogen-bond donors (Lipinski definition) is 1. The van der Waals surface area contributed by atoms with E-state index in [1.165, 1.54) is 0 Å². The van der Waals surface area contributed by atoms with E-state index >= 15 is 0 Å². The molecule has 1 unspecified atom stereocenters. The van der Waals surface area contributed by atoms with Crippen LogP contribution >= 0.6 is 0 Å². The van der Waals surface area contributed by atoms with Gasteiger partial charge in [-0.05, 0) is 23.1 Å². The maximum Gasteiger partial charge on any atom is 0.231 e. The van der Waals surface area contributed by atoms with Gasteiger partial charge in [-0.2, -0.15) is 0 Å². The van der Waals surface area contributed by atoms with Gasteiger partial charge >= 0.3 is 0 Å². The molecule has 1 heterocycles. The molecule has 0 saturated carbocycles. The van der Waals surface area contributed by atoms with E-state index < -0.39 is 80.4 Å². The van der Waals surface area contributed by atoms with Crippen LogP contribution in [0.1, 0.15) is 46.7 Å². The van der Waals surface area contributed by atoms with Gasteiger partial charge in [0, 0.05) is 12.3 Å². The predicted octanol–water partition coefficient (Wildman–Crippen LogP) is 2.84. The molecule has 0 spiro atoms. The second kappa shape index (κ2) is 4.41. The first-order chi connectivity index (χ1) is 14.2. The van der Waals surface area contributed by atoms with Crippen LogP contribution in [-0.4, -0.2) is 18.0 Å². The van der Waals surface area contributed by atoms with Crippen LogP contribution in [0.2, 0.25) is 0 Å². The highest BCUT2D eigenvalue weighted by molar-refractivity contribution is 5.56. The van der Waals surface area contributed by atoms with Gasteiger partial charge < -0.3 is 14.6 Å². The number of ether oxygens (including phenoxy) is 2. The van der Waals surface area contributed by atoms with E-state index in [2.05, 4.69) is 0 Å². The first-order valence-corrected chi connectivity index (χ1v) is 4.46. The Morgan fingerprint density at radius 1 is 1.53 bits per heavy atom. The molecule has 1 aromatic rings. The van der Waals surface area contributed by atoms with Gasteiger partial charge in [0.05, 0.1) is 14.3 Å². The minimum absolute atomic E-state index is 0.314. The Morgan fingerprint density at radius 3 is 3.06 bits per heavy atom. The van der Waals surface area contributed by atoms with Crippen molar-refractivity contribution in [2.24, 2.45) is 5.41 Å². The number of aliphatic hydroxyl groups is 1. The average molecular weight is 249 g/mol. The molecule has 0 radical (unpaired) electrons. The number of benzene rings is 1. The smallest absolute Gasteiger partial charge is 0.231 e. The third-order valence-corrected chi connectivity index (χ3v) is 1.81. The third kappa shape index (κ3) is 2.80. The highest BCUT2D eigenvalue weighted by Crippen LogP contribution is 2.33. The summed E-state index contributed by atoms with van der Waals surface area (Å²) in [4.78, 5) is 0. The Bertz CT molecular complexity index is 918. The largest absolute Gasteiger partial charge is 0.454 e. The average Bonchev–Trinajstić information content (AvgIpc) is 3.05. The first kappa shape index (κ1) is 3.29. The fourth-order valence-corrected chi connectivity index (χ4v) is 1.01. The predicted molar refractivity (Wildman–Crippen MR) is 67.1 cm³/mol. The van der Waals surface area contributed by atoms with Crippen molar-refractivity contribution in [3.05, 3.63) is 29.7 Å². The molecule has 1 aliphatic heterocycles. The van der Waals surface area contributed by atoms with Gasteiger partial charge in [0.25, 0.3) is 0 Å². The first-order valence-electron chi connectivity index (χ1n) is 12.0. The summed E-state index contributed by atoms with van der Waals surface area (Å²) in [6.07, 6.45) is -4.25. The molecule has 0 amide bonds. The van der Waals surface area contributed by atoms with Crippen molar-refractivity contribution in [2.45, 2.75) is 26.6 Å². The van der Waals surface area contributed by atoms with E-state index in [9.17, 15) is 5.11 Å². The molecular weight excluding hydrogens is 216 g/mol. The second-order valence-corrected chi connectivity index (χ2v) is 3.16. The topological polar surface area (TPSA) is 38.7 Å². The molecule has 3 heteroatoms. The number of rotatable bonds is 2. The lowest BCUT2D eigenvalue weighted by molar-refractivity contribution is 0.106. The highest BCUT2D eigenvalue weighted by Gasteiger charge is 2.19. The lowest BCUT2D eigenvalue weighted by Gasteiger charge is -2.22. The molecule has 92 valence electrons. The standard InChI is InChI=1S/C14H18O3/c1-14(2,3)13(15)7-5-10-4-6-11-12(8-10)17-9-16-11/h4-8,13,15H,9H2,1-3H3/b7-5+/i1D3,2D3,3D3,4D,5D,6D,7D,8D,13D. The van der Waals surface area contributed by atoms with Crippen molar-refractivity contribution in [3.8, 4) is 11.5 Å². The van der Waals surface area contributed by atoms with Gasteiger partial charge in [-0.1, -0.05) is 38.7 Å². The molecule has 1 atom stereocenters. The normalized spacial score (nSPS) is 34.5. The van der Waals surface area contributed by atoms with Gasteiger partial charge in [-0.3, -0.25) is 0 Å². The van der Waals surface area contributed by atoms with Crippen LogP contribution in [0, 0.1) is 5.41 Å². The summed E-state index contributed by atoms with van der Waals surface area (Å²) >= 11 is 0. The van der Waals surface area contributed by atoms with E-state index in [1.54, 1.807) is 0 Å². The summed E-state index contributed by atoms with van der Waals surface area (Å²) in [6, 6.07) is -5.57. The fraction of sp³-hybridized carbons (Fsp3) is 0.429. The van der Waals surface area contributed by atoms with E-state index in [4.69, 9.17) is 30.0 Å². The summed E-state index contributed by atoms with van der Waals surface area (Å²) < 4.78 is 127. The molecule has 0 aromatic heterocycles. The Hall–Kier alpha value is -1.48. The minimum Gasteiger partial charge on any atom is -0.454 e. The molecule has 0 aliphatic carbocycles. The van der Waals surface area contributed by atoms with E-state index in [-0.39, 0.29) is 5.75 Å². The lowest BCUT2D eigenvalue weighted by atomic mass is 9.89. The molecule has 0 bridgehead atoms. The number of hydrogen-bond acceptors (Lipinski definition) is 3. The summed E-state index contributed by atoms with van der Waals surface area (Å²) in [5.41, 5.74) is -5.13. The van der Waals surface area contributed by atoms with Crippen LogP contribution in [0.5, 0.6) is 11.5 Å². The van der Waals surface area contributed by atoms with Crippen LogP contribution in [0.3, 0.4) is 0 Å². The van der Waals surface area contributed by atoms with Gasteiger partial charge in [0.1, 0.15) is 0 Å². The van der Waals surface area contributed by atoms with Crippen LogP contribution in [-0.2, 0) is 0 Å². The maximum absolute atomic E-state index is 10.8. The SMILES string of the molecule is [2H]/C(=C(/[2H])C([2H])(O)C(C([2H])([2H])[2H])(C([2H])([2H])[2H])C([2H])([2H])[2H])c1c([2H])c([2H])c2c(c1[2H])OCO2. The van der Waals surface area contributed by atoms with E-state index in [0.717, 1.165) is 0 Å². The maximum atomic E-state index is 10.8. The zero-order valence-electron chi connectivity index (χ0n) is 23.5. The van der Waals surface area contributed by atoms with E-state index in [0.29, 0.717) is 0 Å². The quantitative estimate of drug-likeness (QED) is 0.876. The monoisotopic (exact) mass is 249 g/mol. The minimum atomic E-state index is -4.25. The van der Waals surface area contributed by atoms with Crippen LogP contribution in [0.25, 0.3) is 6.05 Å². The molecule has 1 aromatic carbocycles. The van der Waals surface area contributed by atoms with Crippen LogP contribution < -0.4 is 9.47 Å². The van der Waals surface area contributed by atoms with E-state index in [1.807, 2.05) is 0 Å². The Morgan fingerprint density at radius 2 is 2.29 bits per heavy atom. The van der Waals surface area contributed by atoms with Crippen LogP contribution in [0.4, 0.5) is 0 Å². The molecule has 3 nitrogen and oxygen atoms in total. The summed E-state index contributed by atoms with van der Waals surface area (Å²) in [5, 5.41) is 10.8. The molecule has 0 fully saturated rings. The Labute approximate surface area is 123 Å². The van der Waals surface area contributed by atoms with Crippen molar-refractivity contribution < 1.29 is 35.1 Å². The molecule has 1 aliphatic rings. The Kier molecular flexibility index (Phi) is 0.855. The summed E-state index contributed by atoms with van der Waals surface area (Å²) in [7, 11) is 0. The lowest BCUT2D eigenvalue weighted by Crippen LogP contribution is -2.23. The van der Waals surface area contributed by atoms with Crippen LogP contribution in [0.15, 0.2) is 24.2 Å². The summed E-state index contributed by atoms with van der Waals surface area (Å²) in [5.74, 6) is -0.716. The number of fused-ring (bicyclic) bond motifs is 1. The molecule has 0 saturated heterocycles. The third-order valence-electron chi connectivity index (χ3n) is 1.81. The summed E-state index contributed by atoms with van der Waals surface area (Å²) in [6.45, 7) is -12.6. The van der Waals surface area contributed by atoms with Crippen molar-refractivity contribution in [2.75, 3.05) is 6.79 Å². The van der Waals surface area contributed by atoms with Gasteiger partial charge in [-0.25, -0.2) is 0 Å². The highest BCUT2D eigenvalue weighted by atomic mass is 16.7. The zero-order chi connectivity index (χ0) is 25.2. The molecule has 2 rings (SSSR count). The Balaban J connectivity index is 2.96.